The normalized spacial score (nSPS) is 19.1. The van der Waals surface area contributed by atoms with E-state index in [1.165, 1.54) is 37.3 Å². The third-order valence-corrected chi connectivity index (χ3v) is 7.23. The van der Waals surface area contributed by atoms with Gasteiger partial charge in [-0.3, -0.25) is 14.6 Å². The molecule has 0 amide bonds. The van der Waals surface area contributed by atoms with Crippen LogP contribution >= 0.6 is 15.9 Å². The van der Waals surface area contributed by atoms with Gasteiger partial charge in [0.15, 0.2) is 6.20 Å². The Balaban J connectivity index is 1.41. The predicted octanol–water partition coefficient (Wildman–Crippen LogP) is 5.57. The Hall–Kier alpha value is -3.47. The van der Waals surface area contributed by atoms with Gasteiger partial charge in [-0.2, -0.15) is 5.10 Å². The highest BCUT2D eigenvalue weighted by Gasteiger charge is 2.35. The van der Waals surface area contributed by atoms with Gasteiger partial charge in [-0.1, -0.05) is 6.08 Å². The van der Waals surface area contributed by atoms with E-state index >= 15 is 0 Å². The minimum atomic E-state index is -0.689. The average molecular weight is 569 g/mol. The lowest BCUT2D eigenvalue weighted by molar-refractivity contribution is -0.390. The summed E-state index contributed by atoms with van der Waals surface area (Å²) in [4.78, 5) is 24.0. The van der Waals surface area contributed by atoms with Crippen LogP contribution in [0.25, 0.3) is 0 Å². The Bertz CT molecular complexity index is 1390. The molecule has 3 aromatic heterocycles. The molecule has 11 heteroatoms. The Kier molecular flexibility index (Phi) is 7.14. The first-order valence-electron chi connectivity index (χ1n) is 12.1. The van der Waals surface area contributed by atoms with E-state index in [0.29, 0.717) is 29.7 Å². The minimum absolute atomic E-state index is 0.0640. The van der Waals surface area contributed by atoms with Gasteiger partial charge in [0.25, 0.3) is 0 Å². The van der Waals surface area contributed by atoms with Crippen LogP contribution in [0.5, 0.6) is 5.75 Å². The lowest BCUT2D eigenvalue weighted by atomic mass is 9.74. The first-order chi connectivity index (χ1) is 17.8. The zero-order chi connectivity index (χ0) is 26.0. The summed E-state index contributed by atoms with van der Waals surface area (Å²) >= 11 is 3.28. The molecule has 0 bridgehead atoms. The van der Waals surface area contributed by atoms with Gasteiger partial charge in [0.1, 0.15) is 5.83 Å². The van der Waals surface area contributed by atoms with Gasteiger partial charge in [0, 0.05) is 43.0 Å². The topological polar surface area (TPSA) is 109 Å². The third kappa shape index (κ3) is 5.76. The number of halogens is 2. The molecule has 1 atom stereocenters. The molecule has 0 N–H and O–H groups in total. The van der Waals surface area contributed by atoms with Crippen molar-refractivity contribution in [1.82, 2.24) is 24.7 Å². The quantitative estimate of drug-likeness (QED) is 0.232. The predicted molar refractivity (Wildman–Crippen MR) is 138 cm³/mol. The number of allylic oxidation sites excluding steroid dienone is 4. The van der Waals surface area contributed by atoms with Gasteiger partial charge in [0.2, 0.25) is 5.75 Å². The summed E-state index contributed by atoms with van der Waals surface area (Å²) in [5, 5.41) is 16.1. The molecular weight excluding hydrogens is 543 g/mol. The van der Waals surface area contributed by atoms with Crippen molar-refractivity contribution in [3.05, 3.63) is 92.1 Å². The van der Waals surface area contributed by atoms with Crippen LogP contribution in [-0.4, -0.2) is 36.3 Å². The summed E-state index contributed by atoms with van der Waals surface area (Å²) in [7, 11) is 0. The van der Waals surface area contributed by atoms with Gasteiger partial charge >= 0.3 is 5.82 Å². The SMILES string of the molecule is Cc1nn(CC2CC2)cc1Cc1nccnc1C1(CCOc2cc(Br)cnc2[N+](=O)[O-])C=CC(F)=CC1. The van der Waals surface area contributed by atoms with E-state index in [-0.39, 0.29) is 24.0 Å². The highest BCUT2D eigenvalue weighted by atomic mass is 79.9. The Labute approximate surface area is 221 Å². The maximum atomic E-state index is 14.0. The van der Waals surface area contributed by atoms with E-state index in [1.807, 2.05) is 11.6 Å². The Morgan fingerprint density at radius 1 is 1.30 bits per heavy atom. The summed E-state index contributed by atoms with van der Waals surface area (Å²) in [5.41, 5.74) is 2.85. The smallest absolute Gasteiger partial charge is 0.406 e. The molecule has 37 heavy (non-hydrogen) atoms. The number of ether oxygens (including phenoxy) is 1. The van der Waals surface area contributed by atoms with E-state index < -0.39 is 10.3 Å². The largest absolute Gasteiger partial charge is 0.486 e. The molecule has 0 spiro atoms. The van der Waals surface area contributed by atoms with E-state index in [2.05, 4.69) is 37.2 Å². The van der Waals surface area contributed by atoms with E-state index in [1.54, 1.807) is 18.5 Å². The molecule has 9 nitrogen and oxygen atoms in total. The average Bonchev–Trinajstić information content (AvgIpc) is 3.62. The summed E-state index contributed by atoms with van der Waals surface area (Å²) in [6.07, 6.45) is 15.3. The molecular formula is C26H26BrFN6O3. The van der Waals surface area contributed by atoms with Crippen LogP contribution in [0.1, 0.15) is 48.3 Å². The van der Waals surface area contributed by atoms with Crippen LogP contribution in [0.2, 0.25) is 0 Å². The Morgan fingerprint density at radius 2 is 2.11 bits per heavy atom. The van der Waals surface area contributed by atoms with Crippen molar-refractivity contribution in [2.75, 3.05) is 6.61 Å². The molecule has 1 saturated carbocycles. The van der Waals surface area contributed by atoms with Crippen molar-refractivity contribution < 1.29 is 14.1 Å². The van der Waals surface area contributed by atoms with E-state index in [4.69, 9.17) is 9.72 Å². The fourth-order valence-corrected chi connectivity index (χ4v) is 4.93. The van der Waals surface area contributed by atoms with Crippen LogP contribution in [0.15, 0.2) is 59.4 Å². The van der Waals surface area contributed by atoms with Gasteiger partial charge in [0.05, 0.1) is 28.2 Å². The van der Waals surface area contributed by atoms with Crippen LogP contribution in [-0.2, 0) is 18.4 Å². The third-order valence-electron chi connectivity index (χ3n) is 6.79. The summed E-state index contributed by atoms with van der Waals surface area (Å²) in [5.74, 6) is 0.106. The van der Waals surface area contributed by atoms with Crippen molar-refractivity contribution in [2.45, 2.75) is 51.0 Å². The van der Waals surface area contributed by atoms with Gasteiger partial charge in [-0.15, -0.1) is 0 Å². The van der Waals surface area contributed by atoms with Crippen molar-refractivity contribution >= 4 is 21.7 Å². The first-order valence-corrected chi connectivity index (χ1v) is 12.9. The number of pyridine rings is 1. The monoisotopic (exact) mass is 568 g/mol. The highest BCUT2D eigenvalue weighted by molar-refractivity contribution is 9.10. The maximum absolute atomic E-state index is 14.0. The van der Waals surface area contributed by atoms with Crippen molar-refractivity contribution in [2.24, 2.45) is 5.92 Å². The van der Waals surface area contributed by atoms with Crippen LogP contribution in [0, 0.1) is 23.0 Å². The molecule has 0 aliphatic heterocycles. The van der Waals surface area contributed by atoms with Gasteiger partial charge in [-0.05, 0) is 82.1 Å². The molecule has 192 valence electrons. The molecule has 3 aromatic rings. The van der Waals surface area contributed by atoms with Gasteiger partial charge in [-0.25, -0.2) is 4.39 Å². The zero-order valence-corrected chi connectivity index (χ0v) is 21.9. The number of rotatable bonds is 10. The summed E-state index contributed by atoms with van der Waals surface area (Å²) < 4.78 is 22.5. The van der Waals surface area contributed by atoms with Crippen molar-refractivity contribution in [3.63, 3.8) is 0 Å². The number of hydrogen-bond acceptors (Lipinski definition) is 7. The van der Waals surface area contributed by atoms with Crippen LogP contribution in [0.3, 0.4) is 0 Å². The second-order valence-corrected chi connectivity index (χ2v) is 10.5. The van der Waals surface area contributed by atoms with Crippen LogP contribution in [0.4, 0.5) is 10.2 Å². The fourth-order valence-electron chi connectivity index (χ4n) is 4.62. The molecule has 2 aliphatic rings. The lowest BCUT2D eigenvalue weighted by Crippen LogP contribution is -2.30. The highest BCUT2D eigenvalue weighted by Crippen LogP contribution is 2.39. The number of aryl methyl sites for hydroxylation is 1. The second-order valence-electron chi connectivity index (χ2n) is 9.55. The molecule has 2 aliphatic carbocycles. The zero-order valence-electron chi connectivity index (χ0n) is 20.3. The Morgan fingerprint density at radius 3 is 2.84 bits per heavy atom. The molecule has 3 heterocycles. The lowest BCUT2D eigenvalue weighted by Gasteiger charge is -2.32. The van der Waals surface area contributed by atoms with Crippen molar-refractivity contribution in [1.29, 1.82) is 0 Å². The summed E-state index contributed by atoms with van der Waals surface area (Å²) in [6.45, 7) is 3.06. The van der Waals surface area contributed by atoms with E-state index in [0.717, 1.165) is 29.2 Å². The fraction of sp³-hybridized carbons (Fsp3) is 0.385. The molecule has 1 fully saturated rings. The molecule has 0 saturated heterocycles. The number of hydrogen-bond donors (Lipinski definition) is 0. The second kappa shape index (κ2) is 10.5. The van der Waals surface area contributed by atoms with Crippen LogP contribution < -0.4 is 4.74 Å². The standard InChI is InChI=1S/C26H26BrFN6O3/c1-17-19(16-33(32-17)15-18-2-3-18)12-22-24(30-10-9-29-22)26(6-4-21(28)5-7-26)8-11-37-23-13-20(27)14-31-25(23)34(35)36/h4-6,9-10,13-14,16,18H,2-3,7-8,11-12,15H2,1H3. The van der Waals surface area contributed by atoms with Crippen molar-refractivity contribution in [3.8, 4) is 5.75 Å². The molecule has 0 aromatic carbocycles. The number of aromatic nitrogens is 5. The van der Waals surface area contributed by atoms with Gasteiger partial charge < -0.3 is 14.9 Å². The maximum Gasteiger partial charge on any atom is 0.406 e. The molecule has 5 rings (SSSR count). The first kappa shape index (κ1) is 25.2. The molecule has 0 radical (unpaired) electrons. The minimum Gasteiger partial charge on any atom is -0.486 e. The van der Waals surface area contributed by atoms with E-state index in [9.17, 15) is 14.5 Å². The number of nitrogens with zero attached hydrogens (tertiary/aromatic N) is 6. The molecule has 1 unspecified atom stereocenters. The summed E-state index contributed by atoms with van der Waals surface area (Å²) in [6, 6.07) is 1.52. The number of nitro groups is 1.